The molecule has 0 aromatic carbocycles. The fourth-order valence-corrected chi connectivity index (χ4v) is 2.62. The molecule has 1 aliphatic carbocycles. The Labute approximate surface area is 121 Å². The number of aliphatic hydroxyl groups excluding tert-OH is 1. The van der Waals surface area contributed by atoms with Gasteiger partial charge in [-0.1, -0.05) is 13.3 Å². The highest BCUT2D eigenvalue weighted by Gasteiger charge is 2.26. The molecule has 2 N–H and O–H groups in total. The lowest BCUT2D eigenvalue weighted by Gasteiger charge is -2.31. The average molecular weight is 330 g/mol. The molecule has 6 heteroatoms. The molecule has 1 fully saturated rings. The van der Waals surface area contributed by atoms with E-state index in [1.54, 1.807) is 6.20 Å². The summed E-state index contributed by atoms with van der Waals surface area (Å²) in [4.78, 5) is 12.0. The molecule has 1 aromatic rings. The van der Waals surface area contributed by atoms with E-state index in [9.17, 15) is 9.90 Å². The number of hydrogen-bond donors (Lipinski definition) is 2. The fourth-order valence-electron chi connectivity index (χ4n) is 2.18. The predicted molar refractivity (Wildman–Crippen MR) is 78.3 cm³/mol. The van der Waals surface area contributed by atoms with Crippen LogP contribution in [0.1, 0.15) is 32.6 Å². The Kier molecular flexibility index (Phi) is 4.99. The number of nitrogens with one attached hydrogen (secondary N) is 1. The minimum absolute atomic E-state index is 0.0907. The van der Waals surface area contributed by atoms with Crippen molar-refractivity contribution in [2.24, 2.45) is 5.92 Å². The molecule has 106 valence electrons. The molecule has 1 aromatic heterocycles. The average Bonchev–Trinajstić information content (AvgIpc) is 2.36. The maximum atomic E-state index is 12.0. The summed E-state index contributed by atoms with van der Waals surface area (Å²) in [7, 11) is 0. The molecule has 0 radical (unpaired) electrons. The maximum absolute atomic E-state index is 12.0. The van der Waals surface area contributed by atoms with Crippen LogP contribution in [0.25, 0.3) is 0 Å². The van der Waals surface area contributed by atoms with E-state index in [1.165, 1.54) is 4.68 Å². The van der Waals surface area contributed by atoms with Crippen LogP contribution in [0.2, 0.25) is 0 Å². The Balaban J connectivity index is 1.97. The van der Waals surface area contributed by atoms with Crippen LogP contribution in [-0.4, -0.2) is 27.5 Å². The molecule has 0 bridgehead atoms. The van der Waals surface area contributed by atoms with Crippen LogP contribution in [0.5, 0.6) is 0 Å². The van der Waals surface area contributed by atoms with Crippen LogP contribution in [0.4, 0.5) is 5.69 Å². The number of anilines is 1. The highest BCUT2D eigenvalue weighted by Crippen LogP contribution is 2.28. The van der Waals surface area contributed by atoms with Gasteiger partial charge in [-0.05, 0) is 41.1 Å². The highest BCUT2D eigenvalue weighted by atomic mass is 79.9. The predicted octanol–water partition coefficient (Wildman–Crippen LogP) is 1.99. The molecule has 0 unspecified atom stereocenters. The van der Waals surface area contributed by atoms with Crippen molar-refractivity contribution in [3.8, 4) is 0 Å². The van der Waals surface area contributed by atoms with Crippen molar-refractivity contribution in [3.05, 3.63) is 21.0 Å². The minimum Gasteiger partial charge on any atom is -0.393 e. The topological polar surface area (TPSA) is 67.2 Å². The van der Waals surface area contributed by atoms with Crippen molar-refractivity contribution < 1.29 is 5.11 Å². The monoisotopic (exact) mass is 329 g/mol. The van der Waals surface area contributed by atoms with Gasteiger partial charge in [0.25, 0.3) is 5.56 Å². The first-order valence-electron chi connectivity index (χ1n) is 6.79. The van der Waals surface area contributed by atoms with E-state index in [1.807, 2.05) is 0 Å². The van der Waals surface area contributed by atoms with E-state index in [0.717, 1.165) is 37.9 Å². The standard InChI is InChI=1S/C13H20BrN3O2/c1-2-3-4-17-13(19)12(14)11(8-16-17)15-7-9-5-10(18)6-9/h8-10,15,18H,2-7H2,1H3. The second kappa shape index (κ2) is 6.52. The summed E-state index contributed by atoms with van der Waals surface area (Å²) in [5, 5.41) is 16.6. The van der Waals surface area contributed by atoms with Gasteiger partial charge >= 0.3 is 0 Å². The molecular weight excluding hydrogens is 310 g/mol. The number of unbranched alkanes of at least 4 members (excludes halogenated alkanes) is 1. The zero-order valence-corrected chi connectivity index (χ0v) is 12.7. The quantitative estimate of drug-likeness (QED) is 0.837. The summed E-state index contributed by atoms with van der Waals surface area (Å²) in [6.45, 7) is 3.52. The summed E-state index contributed by atoms with van der Waals surface area (Å²) < 4.78 is 2.03. The molecule has 1 heterocycles. The number of aromatic nitrogens is 2. The molecule has 0 atom stereocenters. The van der Waals surface area contributed by atoms with Gasteiger partial charge in [0, 0.05) is 13.1 Å². The Morgan fingerprint density at radius 2 is 2.32 bits per heavy atom. The van der Waals surface area contributed by atoms with E-state index >= 15 is 0 Å². The van der Waals surface area contributed by atoms with E-state index in [2.05, 4.69) is 33.3 Å². The summed E-state index contributed by atoms with van der Waals surface area (Å²) in [5.41, 5.74) is 0.645. The number of nitrogens with zero attached hydrogens (tertiary/aromatic N) is 2. The smallest absolute Gasteiger partial charge is 0.283 e. The van der Waals surface area contributed by atoms with E-state index in [-0.39, 0.29) is 11.7 Å². The van der Waals surface area contributed by atoms with Gasteiger partial charge in [-0.15, -0.1) is 0 Å². The minimum atomic E-state index is -0.143. The van der Waals surface area contributed by atoms with Crippen LogP contribution in [0, 0.1) is 5.92 Å². The largest absolute Gasteiger partial charge is 0.393 e. The molecule has 0 spiro atoms. The lowest BCUT2D eigenvalue weighted by molar-refractivity contribution is 0.0487. The van der Waals surface area contributed by atoms with Crippen LogP contribution in [0.15, 0.2) is 15.5 Å². The van der Waals surface area contributed by atoms with Crippen molar-refractivity contribution in [2.45, 2.75) is 45.3 Å². The van der Waals surface area contributed by atoms with Crippen LogP contribution in [-0.2, 0) is 6.54 Å². The molecule has 0 saturated heterocycles. The molecule has 1 saturated carbocycles. The lowest BCUT2D eigenvalue weighted by Crippen LogP contribution is -2.33. The van der Waals surface area contributed by atoms with Crippen molar-refractivity contribution in [3.63, 3.8) is 0 Å². The van der Waals surface area contributed by atoms with E-state index in [4.69, 9.17) is 0 Å². The molecule has 19 heavy (non-hydrogen) atoms. The molecule has 1 aliphatic rings. The number of hydrogen-bond acceptors (Lipinski definition) is 4. The second-order valence-corrected chi connectivity index (χ2v) is 5.92. The zero-order valence-electron chi connectivity index (χ0n) is 11.1. The van der Waals surface area contributed by atoms with Crippen molar-refractivity contribution >= 4 is 21.6 Å². The Morgan fingerprint density at radius 3 is 2.95 bits per heavy atom. The maximum Gasteiger partial charge on any atom is 0.283 e. The third-order valence-electron chi connectivity index (χ3n) is 3.50. The molecule has 5 nitrogen and oxygen atoms in total. The van der Waals surface area contributed by atoms with Gasteiger partial charge in [0.15, 0.2) is 0 Å². The lowest BCUT2D eigenvalue weighted by atomic mass is 9.82. The summed E-state index contributed by atoms with van der Waals surface area (Å²) in [6, 6.07) is 0. The van der Waals surface area contributed by atoms with Gasteiger partial charge in [0.2, 0.25) is 0 Å². The Bertz CT molecular complexity index is 483. The number of halogens is 1. The third kappa shape index (κ3) is 3.57. The van der Waals surface area contributed by atoms with Gasteiger partial charge in [0.1, 0.15) is 4.47 Å². The van der Waals surface area contributed by atoms with Crippen LogP contribution < -0.4 is 10.9 Å². The first-order valence-corrected chi connectivity index (χ1v) is 7.58. The SMILES string of the molecule is CCCCn1ncc(NCC2CC(O)C2)c(Br)c1=O. The highest BCUT2D eigenvalue weighted by molar-refractivity contribution is 9.10. The molecule has 0 amide bonds. The van der Waals surface area contributed by atoms with Gasteiger partial charge in [-0.25, -0.2) is 4.68 Å². The third-order valence-corrected chi connectivity index (χ3v) is 4.27. The Morgan fingerprint density at radius 1 is 1.58 bits per heavy atom. The van der Waals surface area contributed by atoms with Crippen molar-refractivity contribution in [2.75, 3.05) is 11.9 Å². The number of aryl methyl sites for hydroxylation is 1. The molecule has 0 aliphatic heterocycles. The summed E-state index contributed by atoms with van der Waals surface area (Å²) in [6.07, 6.45) is 5.21. The van der Waals surface area contributed by atoms with Gasteiger partial charge in [0.05, 0.1) is 18.0 Å². The second-order valence-electron chi connectivity index (χ2n) is 5.13. The van der Waals surface area contributed by atoms with Gasteiger partial charge < -0.3 is 10.4 Å². The Hall–Kier alpha value is -0.880. The zero-order chi connectivity index (χ0) is 13.8. The van der Waals surface area contributed by atoms with Crippen molar-refractivity contribution in [1.82, 2.24) is 9.78 Å². The van der Waals surface area contributed by atoms with E-state index < -0.39 is 0 Å². The first kappa shape index (κ1) is 14.5. The number of rotatable bonds is 6. The van der Waals surface area contributed by atoms with Gasteiger partial charge in [-0.3, -0.25) is 4.79 Å². The van der Waals surface area contributed by atoms with E-state index in [0.29, 0.717) is 16.9 Å². The normalized spacial score (nSPS) is 22.1. The summed E-state index contributed by atoms with van der Waals surface area (Å²) >= 11 is 3.34. The fraction of sp³-hybridized carbons (Fsp3) is 0.692. The summed E-state index contributed by atoms with van der Waals surface area (Å²) in [5.74, 6) is 0.490. The molecule has 2 rings (SSSR count). The molecular formula is C13H20BrN3O2. The number of aliphatic hydroxyl groups is 1. The van der Waals surface area contributed by atoms with Crippen LogP contribution >= 0.6 is 15.9 Å². The first-order chi connectivity index (χ1) is 9.11. The van der Waals surface area contributed by atoms with Crippen LogP contribution in [0.3, 0.4) is 0 Å². The van der Waals surface area contributed by atoms with Gasteiger partial charge in [-0.2, -0.15) is 5.10 Å². The van der Waals surface area contributed by atoms with Crippen molar-refractivity contribution in [1.29, 1.82) is 0 Å².